The number of benzene rings is 1. The monoisotopic (exact) mass is 217 g/mol. The highest BCUT2D eigenvalue weighted by atomic mass is 16.3. The number of nitrogen functional groups attached to an aromatic ring is 1. The average molecular weight is 217 g/mol. The molecular weight excluding hydrogens is 202 g/mol. The second-order valence-corrected chi connectivity index (χ2v) is 3.75. The number of hydrogen-bond acceptors (Lipinski definition) is 3. The molecule has 0 aliphatic rings. The van der Waals surface area contributed by atoms with Gasteiger partial charge in [-0.05, 0) is 24.6 Å². The minimum absolute atomic E-state index is 0.0493. The fourth-order valence-electron chi connectivity index (χ4n) is 1.75. The molecule has 1 heterocycles. The summed E-state index contributed by atoms with van der Waals surface area (Å²) in [7, 11) is 0. The molecule has 1 aromatic carbocycles. The molecule has 0 spiro atoms. The fraction of sp³-hybridized carbons (Fsp3) is 0.250. The van der Waals surface area contributed by atoms with E-state index in [1.54, 1.807) is 6.20 Å². The number of aliphatic hydroxyl groups is 1. The van der Waals surface area contributed by atoms with Crippen molar-refractivity contribution >= 4 is 5.69 Å². The molecule has 0 bridgehead atoms. The molecule has 1 atom stereocenters. The minimum Gasteiger partial charge on any atom is -0.399 e. The van der Waals surface area contributed by atoms with Crippen molar-refractivity contribution in [2.75, 3.05) is 5.73 Å². The average Bonchev–Trinajstić information content (AvgIpc) is 2.77. The molecule has 0 aliphatic carbocycles. The molecule has 0 saturated carbocycles. The highest BCUT2D eigenvalue weighted by Crippen LogP contribution is 2.20. The van der Waals surface area contributed by atoms with Crippen molar-refractivity contribution in [2.24, 2.45) is 0 Å². The number of imidazole rings is 1. The van der Waals surface area contributed by atoms with Crippen LogP contribution in [-0.2, 0) is 6.61 Å². The predicted octanol–water partition coefficient (Wildman–Crippen LogP) is 1.57. The van der Waals surface area contributed by atoms with Crippen LogP contribution >= 0.6 is 0 Å². The van der Waals surface area contributed by atoms with Crippen LogP contribution in [0.5, 0.6) is 0 Å². The normalized spacial score (nSPS) is 12.6. The van der Waals surface area contributed by atoms with Gasteiger partial charge in [0.25, 0.3) is 0 Å². The van der Waals surface area contributed by atoms with Crippen LogP contribution < -0.4 is 5.73 Å². The molecule has 3 N–H and O–H groups in total. The van der Waals surface area contributed by atoms with Gasteiger partial charge in [-0.2, -0.15) is 0 Å². The van der Waals surface area contributed by atoms with Gasteiger partial charge in [0.2, 0.25) is 0 Å². The largest absolute Gasteiger partial charge is 0.399 e. The molecule has 1 aromatic heterocycles. The van der Waals surface area contributed by atoms with Crippen molar-refractivity contribution < 1.29 is 5.11 Å². The van der Waals surface area contributed by atoms with Crippen molar-refractivity contribution in [1.29, 1.82) is 0 Å². The summed E-state index contributed by atoms with van der Waals surface area (Å²) < 4.78 is 1.95. The van der Waals surface area contributed by atoms with E-state index < -0.39 is 0 Å². The number of anilines is 1. The van der Waals surface area contributed by atoms with E-state index in [-0.39, 0.29) is 12.6 Å². The van der Waals surface area contributed by atoms with E-state index in [1.807, 2.05) is 35.0 Å². The maximum absolute atomic E-state index is 9.14. The first-order valence-corrected chi connectivity index (χ1v) is 5.20. The van der Waals surface area contributed by atoms with Gasteiger partial charge in [-0.3, -0.25) is 0 Å². The van der Waals surface area contributed by atoms with E-state index in [0.717, 1.165) is 11.3 Å². The lowest BCUT2D eigenvalue weighted by Gasteiger charge is -2.16. The molecule has 4 heteroatoms. The first-order valence-electron chi connectivity index (χ1n) is 5.20. The molecule has 84 valence electrons. The standard InChI is InChI=1S/C12H15N3O/c1-9(10-2-4-11(13)5-3-10)15-7-6-14-12(15)8-16/h2-7,9,16H,8,13H2,1H3. The van der Waals surface area contributed by atoms with E-state index in [9.17, 15) is 0 Å². The lowest BCUT2D eigenvalue weighted by molar-refractivity contribution is 0.263. The lowest BCUT2D eigenvalue weighted by atomic mass is 10.1. The molecule has 2 aromatic rings. The van der Waals surface area contributed by atoms with Gasteiger partial charge in [0, 0.05) is 18.1 Å². The Morgan fingerprint density at radius 3 is 2.69 bits per heavy atom. The smallest absolute Gasteiger partial charge is 0.135 e. The van der Waals surface area contributed by atoms with E-state index in [2.05, 4.69) is 11.9 Å². The van der Waals surface area contributed by atoms with E-state index in [0.29, 0.717) is 5.82 Å². The van der Waals surface area contributed by atoms with Crippen LogP contribution in [0.25, 0.3) is 0 Å². The third-order valence-corrected chi connectivity index (χ3v) is 2.73. The first-order chi connectivity index (χ1) is 7.72. The summed E-state index contributed by atoms with van der Waals surface area (Å²) >= 11 is 0. The Bertz CT molecular complexity index is 461. The van der Waals surface area contributed by atoms with Gasteiger partial charge in [0.15, 0.2) is 0 Å². The van der Waals surface area contributed by atoms with Crippen LogP contribution in [0.2, 0.25) is 0 Å². The SMILES string of the molecule is CC(c1ccc(N)cc1)n1ccnc1CO. The molecule has 1 unspecified atom stereocenters. The molecule has 0 fully saturated rings. The van der Waals surface area contributed by atoms with Crippen molar-refractivity contribution in [2.45, 2.75) is 19.6 Å². The topological polar surface area (TPSA) is 64.1 Å². The minimum atomic E-state index is -0.0493. The summed E-state index contributed by atoms with van der Waals surface area (Å²) in [5, 5.41) is 9.14. The summed E-state index contributed by atoms with van der Waals surface area (Å²) in [4.78, 5) is 4.09. The summed E-state index contributed by atoms with van der Waals surface area (Å²) in [5.74, 6) is 0.671. The van der Waals surface area contributed by atoms with Crippen LogP contribution in [0.1, 0.15) is 24.4 Å². The molecule has 16 heavy (non-hydrogen) atoms. The second-order valence-electron chi connectivity index (χ2n) is 3.75. The molecule has 0 saturated heterocycles. The molecule has 0 amide bonds. The molecule has 4 nitrogen and oxygen atoms in total. The number of rotatable bonds is 3. The Hall–Kier alpha value is -1.81. The third-order valence-electron chi connectivity index (χ3n) is 2.73. The van der Waals surface area contributed by atoms with E-state index in [1.165, 1.54) is 0 Å². The number of nitrogens with zero attached hydrogens (tertiary/aromatic N) is 2. The third kappa shape index (κ3) is 1.92. The van der Waals surface area contributed by atoms with Gasteiger partial charge in [-0.1, -0.05) is 12.1 Å². The Labute approximate surface area is 94.4 Å². The molecule has 2 rings (SSSR count). The lowest BCUT2D eigenvalue weighted by Crippen LogP contribution is -2.09. The predicted molar refractivity (Wildman–Crippen MR) is 62.8 cm³/mol. The van der Waals surface area contributed by atoms with E-state index in [4.69, 9.17) is 10.8 Å². The van der Waals surface area contributed by atoms with Crippen LogP contribution in [0.15, 0.2) is 36.7 Å². The summed E-state index contributed by atoms with van der Waals surface area (Å²) in [6.45, 7) is 2.01. The van der Waals surface area contributed by atoms with Crippen molar-refractivity contribution in [3.8, 4) is 0 Å². The molecule has 0 aliphatic heterocycles. The van der Waals surface area contributed by atoms with Gasteiger partial charge in [-0.25, -0.2) is 4.98 Å². The van der Waals surface area contributed by atoms with Gasteiger partial charge in [-0.15, -0.1) is 0 Å². The maximum atomic E-state index is 9.14. The van der Waals surface area contributed by atoms with Gasteiger partial charge in [0.1, 0.15) is 12.4 Å². The Morgan fingerprint density at radius 2 is 2.06 bits per heavy atom. The molecular formula is C12H15N3O. The van der Waals surface area contributed by atoms with Gasteiger partial charge in [0.05, 0.1) is 6.04 Å². The summed E-state index contributed by atoms with van der Waals surface area (Å²) in [6, 6.07) is 7.87. The zero-order chi connectivity index (χ0) is 11.5. The van der Waals surface area contributed by atoms with Crippen LogP contribution in [-0.4, -0.2) is 14.7 Å². The summed E-state index contributed by atoms with van der Waals surface area (Å²) in [6.07, 6.45) is 3.56. The first kappa shape index (κ1) is 10.7. The number of aromatic nitrogens is 2. The Balaban J connectivity index is 2.31. The quantitative estimate of drug-likeness (QED) is 0.767. The van der Waals surface area contributed by atoms with Gasteiger partial charge < -0.3 is 15.4 Å². The highest BCUT2D eigenvalue weighted by molar-refractivity contribution is 5.40. The zero-order valence-corrected chi connectivity index (χ0v) is 9.17. The van der Waals surface area contributed by atoms with Gasteiger partial charge >= 0.3 is 0 Å². The fourth-order valence-corrected chi connectivity index (χ4v) is 1.75. The number of aliphatic hydroxyl groups excluding tert-OH is 1. The van der Waals surface area contributed by atoms with E-state index >= 15 is 0 Å². The Kier molecular flexibility index (Phi) is 2.92. The zero-order valence-electron chi connectivity index (χ0n) is 9.17. The summed E-state index contributed by atoms with van der Waals surface area (Å²) in [5.41, 5.74) is 7.54. The maximum Gasteiger partial charge on any atom is 0.135 e. The van der Waals surface area contributed by atoms with Crippen molar-refractivity contribution in [3.05, 3.63) is 48.0 Å². The second kappa shape index (κ2) is 4.37. The van der Waals surface area contributed by atoms with Crippen molar-refractivity contribution in [1.82, 2.24) is 9.55 Å². The number of hydrogen-bond donors (Lipinski definition) is 2. The van der Waals surface area contributed by atoms with Crippen LogP contribution in [0, 0.1) is 0 Å². The highest BCUT2D eigenvalue weighted by Gasteiger charge is 2.10. The van der Waals surface area contributed by atoms with Crippen LogP contribution in [0.3, 0.4) is 0 Å². The Morgan fingerprint density at radius 1 is 1.38 bits per heavy atom. The van der Waals surface area contributed by atoms with Crippen LogP contribution in [0.4, 0.5) is 5.69 Å². The number of nitrogens with two attached hydrogens (primary N) is 1. The van der Waals surface area contributed by atoms with Crippen molar-refractivity contribution in [3.63, 3.8) is 0 Å². The molecule has 0 radical (unpaired) electrons.